The molecule has 1 spiro atoms. The fourth-order valence-electron chi connectivity index (χ4n) is 3.30. The van der Waals surface area contributed by atoms with Crippen molar-refractivity contribution in [2.45, 2.75) is 31.3 Å². The van der Waals surface area contributed by atoms with E-state index in [2.05, 4.69) is 32.5 Å². The molecule has 3 rings (SSSR count). The minimum Gasteiger partial charge on any atom is -0.354 e. The van der Waals surface area contributed by atoms with Gasteiger partial charge in [0, 0.05) is 38.1 Å². The van der Waals surface area contributed by atoms with Crippen LogP contribution >= 0.6 is 11.3 Å². The maximum atomic E-state index is 12.4. The van der Waals surface area contributed by atoms with Crippen LogP contribution in [0.25, 0.3) is 0 Å². The maximum Gasteiger partial charge on any atom is 0.240 e. The van der Waals surface area contributed by atoms with Gasteiger partial charge in [0.05, 0.1) is 11.2 Å². The highest BCUT2D eigenvalue weighted by Crippen LogP contribution is 2.30. The molecule has 2 saturated heterocycles. The van der Waals surface area contributed by atoms with Crippen molar-refractivity contribution in [3.05, 3.63) is 16.6 Å². The lowest BCUT2D eigenvalue weighted by molar-refractivity contribution is -0.134. The Labute approximate surface area is 124 Å². The van der Waals surface area contributed by atoms with Gasteiger partial charge >= 0.3 is 0 Å². The number of amides is 1. The average Bonchev–Trinajstić information content (AvgIpc) is 2.92. The molecule has 20 heavy (non-hydrogen) atoms. The third-order valence-corrected chi connectivity index (χ3v) is 5.30. The van der Waals surface area contributed by atoms with Gasteiger partial charge in [0.2, 0.25) is 5.91 Å². The lowest BCUT2D eigenvalue weighted by Crippen LogP contribution is -2.60. The summed E-state index contributed by atoms with van der Waals surface area (Å²) in [6.07, 6.45) is 2.88. The lowest BCUT2D eigenvalue weighted by Gasteiger charge is -2.44. The van der Waals surface area contributed by atoms with Crippen molar-refractivity contribution < 1.29 is 4.79 Å². The molecular formula is C14H22N4OS. The predicted octanol–water partition coefficient (Wildman–Crippen LogP) is 0.929. The number of likely N-dealkylation sites (N-methyl/N-ethyl adjacent to an activating group) is 1. The molecule has 6 heteroatoms. The molecule has 0 bridgehead atoms. The summed E-state index contributed by atoms with van der Waals surface area (Å²) < 4.78 is 0. The van der Waals surface area contributed by atoms with Crippen molar-refractivity contribution in [2.24, 2.45) is 0 Å². The quantitative estimate of drug-likeness (QED) is 0.881. The molecule has 1 aromatic heterocycles. The summed E-state index contributed by atoms with van der Waals surface area (Å²) in [5.41, 5.74) is 2.74. The summed E-state index contributed by atoms with van der Waals surface area (Å²) in [5.74, 6) is 0.228. The number of hydrogen-bond acceptors (Lipinski definition) is 5. The largest absolute Gasteiger partial charge is 0.354 e. The zero-order chi connectivity index (χ0) is 14.0. The highest BCUT2D eigenvalue weighted by Gasteiger charge is 2.45. The number of rotatable bonds is 2. The molecule has 0 radical (unpaired) electrons. The second-order valence-corrected chi connectivity index (χ2v) is 6.54. The zero-order valence-corrected chi connectivity index (χ0v) is 12.8. The Morgan fingerprint density at radius 1 is 1.40 bits per heavy atom. The van der Waals surface area contributed by atoms with E-state index in [0.717, 1.165) is 57.7 Å². The molecular weight excluding hydrogens is 272 g/mol. The van der Waals surface area contributed by atoms with Crippen molar-refractivity contribution in [1.29, 1.82) is 0 Å². The second-order valence-electron chi connectivity index (χ2n) is 5.82. The fraction of sp³-hybridized carbons (Fsp3) is 0.714. The minimum atomic E-state index is -0.283. The first kappa shape index (κ1) is 14.0. The number of carbonyl (C=O) groups is 1. The van der Waals surface area contributed by atoms with Crippen LogP contribution in [-0.4, -0.2) is 59.5 Å². The molecule has 1 N–H and O–H groups in total. The van der Waals surface area contributed by atoms with Gasteiger partial charge in [0.15, 0.2) is 0 Å². The Morgan fingerprint density at radius 3 is 2.90 bits per heavy atom. The average molecular weight is 294 g/mol. The Morgan fingerprint density at radius 2 is 2.20 bits per heavy atom. The number of likely N-dealkylation sites (tertiary alicyclic amines) is 1. The van der Waals surface area contributed by atoms with E-state index in [0.29, 0.717) is 0 Å². The van der Waals surface area contributed by atoms with Crippen molar-refractivity contribution in [2.75, 3.05) is 33.2 Å². The molecule has 2 fully saturated rings. The topological polar surface area (TPSA) is 48.5 Å². The Bertz CT molecular complexity index is 454. The Kier molecular flexibility index (Phi) is 4.05. The zero-order valence-electron chi connectivity index (χ0n) is 12.0. The van der Waals surface area contributed by atoms with Crippen molar-refractivity contribution in [1.82, 2.24) is 20.1 Å². The molecule has 1 amide bonds. The molecule has 3 heterocycles. The number of piperidine rings is 1. The van der Waals surface area contributed by atoms with Gasteiger partial charge in [-0.05, 0) is 26.3 Å². The summed E-state index contributed by atoms with van der Waals surface area (Å²) in [4.78, 5) is 21.5. The first-order valence-electron chi connectivity index (χ1n) is 7.30. The fourth-order valence-corrected chi connectivity index (χ4v) is 3.85. The molecule has 0 saturated carbocycles. The van der Waals surface area contributed by atoms with E-state index in [4.69, 9.17) is 0 Å². The van der Waals surface area contributed by atoms with Crippen molar-refractivity contribution >= 4 is 17.2 Å². The van der Waals surface area contributed by atoms with Gasteiger partial charge < -0.3 is 5.32 Å². The normalized spacial score (nSPS) is 24.6. The highest BCUT2D eigenvalue weighted by atomic mass is 32.1. The molecule has 2 aliphatic rings. The van der Waals surface area contributed by atoms with E-state index in [1.54, 1.807) is 11.3 Å². The number of carbonyl (C=O) groups excluding carboxylic acids is 1. The smallest absolute Gasteiger partial charge is 0.240 e. The predicted molar refractivity (Wildman–Crippen MR) is 79.6 cm³/mol. The van der Waals surface area contributed by atoms with Gasteiger partial charge in [0.1, 0.15) is 5.54 Å². The van der Waals surface area contributed by atoms with Crippen LogP contribution in [0.5, 0.6) is 0 Å². The molecule has 0 unspecified atom stereocenters. The van der Waals surface area contributed by atoms with Crippen LogP contribution in [0.2, 0.25) is 0 Å². The summed E-state index contributed by atoms with van der Waals surface area (Å²) in [6, 6.07) is 0. The molecule has 5 nitrogen and oxygen atoms in total. The second kappa shape index (κ2) is 5.79. The minimum absolute atomic E-state index is 0.228. The van der Waals surface area contributed by atoms with Crippen LogP contribution in [0, 0.1) is 0 Å². The van der Waals surface area contributed by atoms with Gasteiger partial charge in [-0.3, -0.25) is 14.6 Å². The van der Waals surface area contributed by atoms with Crippen molar-refractivity contribution in [3.8, 4) is 0 Å². The van der Waals surface area contributed by atoms with E-state index in [1.165, 1.54) is 0 Å². The van der Waals surface area contributed by atoms with Gasteiger partial charge in [-0.2, -0.15) is 0 Å². The highest BCUT2D eigenvalue weighted by molar-refractivity contribution is 7.07. The molecule has 0 aromatic carbocycles. The number of nitrogens with zero attached hydrogens (tertiary/aromatic N) is 3. The Balaban J connectivity index is 1.65. The molecule has 0 aliphatic carbocycles. The van der Waals surface area contributed by atoms with Crippen LogP contribution < -0.4 is 5.32 Å². The van der Waals surface area contributed by atoms with Gasteiger partial charge in [-0.1, -0.05) is 0 Å². The molecule has 2 aliphatic heterocycles. The summed E-state index contributed by atoms with van der Waals surface area (Å²) in [7, 11) is 2.10. The number of hydrogen-bond donors (Lipinski definition) is 1. The molecule has 110 valence electrons. The monoisotopic (exact) mass is 294 g/mol. The number of nitrogens with one attached hydrogen (secondary N) is 1. The standard InChI is InChI=1S/C14H22N4OS/c1-17-6-2-5-15-13(19)14(17)3-7-18(8-4-14)9-12-10-20-11-16-12/h10-11H,2-9H2,1H3,(H,15,19). The number of aromatic nitrogens is 1. The van der Waals surface area contributed by atoms with E-state index >= 15 is 0 Å². The van der Waals surface area contributed by atoms with Gasteiger partial charge in [-0.25, -0.2) is 4.98 Å². The molecule has 0 atom stereocenters. The lowest BCUT2D eigenvalue weighted by atomic mass is 9.85. The van der Waals surface area contributed by atoms with E-state index in [-0.39, 0.29) is 11.4 Å². The first-order valence-corrected chi connectivity index (χ1v) is 8.24. The van der Waals surface area contributed by atoms with Gasteiger partial charge in [0.25, 0.3) is 0 Å². The number of thiazole rings is 1. The third-order valence-electron chi connectivity index (χ3n) is 4.66. The summed E-state index contributed by atoms with van der Waals surface area (Å²) in [6.45, 7) is 4.66. The van der Waals surface area contributed by atoms with E-state index in [9.17, 15) is 4.79 Å². The summed E-state index contributed by atoms with van der Waals surface area (Å²) in [5, 5.41) is 5.19. The van der Waals surface area contributed by atoms with Crippen LogP contribution in [0.3, 0.4) is 0 Å². The van der Waals surface area contributed by atoms with Crippen LogP contribution in [0.1, 0.15) is 25.0 Å². The maximum absolute atomic E-state index is 12.4. The van der Waals surface area contributed by atoms with Crippen LogP contribution in [0.4, 0.5) is 0 Å². The molecule has 1 aromatic rings. The van der Waals surface area contributed by atoms with E-state index < -0.39 is 0 Å². The third kappa shape index (κ3) is 2.60. The van der Waals surface area contributed by atoms with Crippen molar-refractivity contribution in [3.63, 3.8) is 0 Å². The first-order chi connectivity index (χ1) is 9.71. The Hall–Kier alpha value is -0.980. The van der Waals surface area contributed by atoms with Gasteiger partial charge in [-0.15, -0.1) is 11.3 Å². The van der Waals surface area contributed by atoms with Crippen LogP contribution in [0.15, 0.2) is 10.9 Å². The SMILES string of the molecule is CN1CCCNC(=O)C12CCN(Cc1cscn1)CC2. The summed E-state index contributed by atoms with van der Waals surface area (Å²) >= 11 is 1.64. The van der Waals surface area contributed by atoms with E-state index in [1.807, 2.05) is 5.51 Å². The van der Waals surface area contributed by atoms with Crippen LogP contribution in [-0.2, 0) is 11.3 Å².